The van der Waals surface area contributed by atoms with E-state index < -0.39 is 12.1 Å². The van der Waals surface area contributed by atoms with Crippen LogP contribution in [0, 0.1) is 12.8 Å². The summed E-state index contributed by atoms with van der Waals surface area (Å²) in [6.45, 7) is 2.58. The van der Waals surface area contributed by atoms with Crippen LogP contribution in [-0.2, 0) is 16.0 Å². The molecular formula is C25H31N5O3S. The van der Waals surface area contributed by atoms with Gasteiger partial charge in [-0.15, -0.1) is 11.8 Å². The lowest BCUT2D eigenvalue weighted by molar-refractivity contribution is -0.140. The van der Waals surface area contributed by atoms with Crippen LogP contribution in [0.2, 0.25) is 0 Å². The highest BCUT2D eigenvalue weighted by molar-refractivity contribution is 8.00. The average Bonchev–Trinajstić information content (AvgIpc) is 2.85. The maximum atomic E-state index is 13.1. The lowest BCUT2D eigenvalue weighted by Gasteiger charge is -2.50. The third-order valence-corrected chi connectivity index (χ3v) is 7.56. The smallest absolute Gasteiger partial charge is 0.327 e. The molecule has 4 atom stereocenters. The number of carbonyl (C=O) groups excluding carboxylic acids is 3. The summed E-state index contributed by atoms with van der Waals surface area (Å²) in [6, 6.07) is 17.8. The Morgan fingerprint density at radius 3 is 2.44 bits per heavy atom. The second-order valence-corrected chi connectivity index (χ2v) is 9.89. The van der Waals surface area contributed by atoms with Crippen LogP contribution in [0.1, 0.15) is 22.9 Å². The Morgan fingerprint density at radius 1 is 1.03 bits per heavy atom. The topological polar surface area (TPSA) is 93.8 Å². The molecule has 2 fully saturated rings. The van der Waals surface area contributed by atoms with Crippen molar-refractivity contribution < 1.29 is 14.4 Å². The number of hydrogen-bond acceptors (Lipinski definition) is 6. The lowest BCUT2D eigenvalue weighted by Crippen LogP contribution is -2.72. The van der Waals surface area contributed by atoms with Gasteiger partial charge in [-0.25, -0.2) is 4.79 Å². The Morgan fingerprint density at radius 2 is 1.74 bits per heavy atom. The predicted octanol–water partition coefficient (Wildman–Crippen LogP) is 2.07. The van der Waals surface area contributed by atoms with Crippen molar-refractivity contribution in [2.24, 2.45) is 5.92 Å². The SMILES string of the molecule is Cc1ccc(C2NC(SCC(=O)NCCc3ccccc3)C3C(=O)N(C)C(=O)N(C)C3N2)cc1. The summed E-state index contributed by atoms with van der Waals surface area (Å²) < 4.78 is 0. The Hall–Kier alpha value is -2.88. The van der Waals surface area contributed by atoms with Gasteiger partial charge in [0.2, 0.25) is 11.8 Å². The van der Waals surface area contributed by atoms with Gasteiger partial charge in [0.05, 0.1) is 29.4 Å². The summed E-state index contributed by atoms with van der Waals surface area (Å²) >= 11 is 1.40. The van der Waals surface area contributed by atoms with Crippen LogP contribution in [0.15, 0.2) is 54.6 Å². The van der Waals surface area contributed by atoms with Crippen molar-refractivity contribution in [2.75, 3.05) is 26.4 Å². The molecule has 0 saturated carbocycles. The number of benzene rings is 2. The average molecular weight is 482 g/mol. The van der Waals surface area contributed by atoms with E-state index in [4.69, 9.17) is 0 Å². The monoisotopic (exact) mass is 481 g/mol. The van der Waals surface area contributed by atoms with Crippen LogP contribution >= 0.6 is 11.8 Å². The van der Waals surface area contributed by atoms with Crippen molar-refractivity contribution in [3.8, 4) is 0 Å². The molecule has 2 aromatic carbocycles. The minimum absolute atomic E-state index is 0.0780. The predicted molar refractivity (Wildman–Crippen MR) is 133 cm³/mol. The van der Waals surface area contributed by atoms with Crippen LogP contribution in [0.5, 0.6) is 0 Å². The maximum Gasteiger partial charge on any atom is 0.327 e. The highest BCUT2D eigenvalue weighted by atomic mass is 32.2. The summed E-state index contributed by atoms with van der Waals surface area (Å²) in [5, 5.41) is 9.54. The van der Waals surface area contributed by atoms with Crippen LogP contribution in [-0.4, -0.2) is 65.6 Å². The molecule has 4 rings (SSSR count). The van der Waals surface area contributed by atoms with Crippen LogP contribution in [0.25, 0.3) is 0 Å². The van der Waals surface area contributed by atoms with Crippen molar-refractivity contribution in [1.29, 1.82) is 0 Å². The Labute approximate surface area is 204 Å². The largest absolute Gasteiger partial charge is 0.355 e. The Bertz CT molecular complexity index is 1030. The van der Waals surface area contributed by atoms with Crippen LogP contribution < -0.4 is 16.0 Å². The molecule has 2 aliphatic heterocycles. The van der Waals surface area contributed by atoms with Gasteiger partial charge in [-0.05, 0) is 24.5 Å². The molecule has 2 saturated heterocycles. The van der Waals surface area contributed by atoms with Crippen LogP contribution in [0.3, 0.4) is 0 Å². The zero-order valence-electron chi connectivity index (χ0n) is 19.7. The molecule has 0 radical (unpaired) electrons. The van der Waals surface area contributed by atoms with E-state index in [1.165, 1.54) is 24.4 Å². The number of aryl methyl sites for hydroxylation is 1. The molecule has 0 aliphatic carbocycles. The standard InChI is InChI=1S/C25H31N5O3S/c1-16-9-11-18(12-10-16)21-27-22-20(24(32)30(3)25(33)29(22)2)23(28-21)34-15-19(31)26-14-13-17-7-5-4-6-8-17/h4-12,20-23,27-28H,13-15H2,1-3H3,(H,26,31). The number of nitrogens with zero attached hydrogens (tertiary/aromatic N) is 2. The molecule has 2 aromatic rings. The Balaban J connectivity index is 1.44. The first kappa shape index (κ1) is 24.3. The molecular weight excluding hydrogens is 450 g/mol. The lowest BCUT2D eigenvalue weighted by atomic mass is 9.96. The van der Waals surface area contributed by atoms with E-state index in [-0.39, 0.29) is 35.1 Å². The second-order valence-electron chi connectivity index (χ2n) is 8.76. The van der Waals surface area contributed by atoms with Gasteiger partial charge in [0.1, 0.15) is 0 Å². The van der Waals surface area contributed by atoms with Crippen molar-refractivity contribution in [3.63, 3.8) is 0 Å². The van der Waals surface area contributed by atoms with Crippen molar-refractivity contribution in [1.82, 2.24) is 25.8 Å². The summed E-state index contributed by atoms with van der Waals surface area (Å²) in [4.78, 5) is 40.9. The molecule has 2 aliphatic rings. The fourth-order valence-electron chi connectivity index (χ4n) is 4.36. The molecule has 0 spiro atoms. The summed E-state index contributed by atoms with van der Waals surface area (Å²) in [7, 11) is 3.20. The van der Waals surface area contributed by atoms with E-state index in [2.05, 4.69) is 16.0 Å². The van der Waals surface area contributed by atoms with Gasteiger partial charge in [-0.3, -0.25) is 25.1 Å². The first-order valence-electron chi connectivity index (χ1n) is 11.4. The highest BCUT2D eigenvalue weighted by Crippen LogP contribution is 2.34. The molecule has 9 heteroatoms. The van der Waals surface area contributed by atoms with E-state index in [0.717, 1.165) is 22.4 Å². The van der Waals surface area contributed by atoms with E-state index >= 15 is 0 Å². The van der Waals surface area contributed by atoms with Gasteiger partial charge in [-0.1, -0.05) is 60.2 Å². The Kier molecular flexibility index (Phi) is 7.55. The quantitative estimate of drug-likeness (QED) is 0.561. The molecule has 4 amide bonds. The maximum absolute atomic E-state index is 13.1. The number of hydrogen-bond donors (Lipinski definition) is 3. The molecule has 180 valence electrons. The number of amides is 4. The normalized spacial score (nSPS) is 24.7. The number of nitrogens with one attached hydrogen (secondary N) is 3. The molecule has 2 heterocycles. The number of urea groups is 1. The third kappa shape index (κ3) is 5.27. The highest BCUT2D eigenvalue weighted by Gasteiger charge is 2.51. The van der Waals surface area contributed by atoms with Crippen molar-refractivity contribution in [2.45, 2.75) is 31.0 Å². The van der Waals surface area contributed by atoms with E-state index in [0.29, 0.717) is 6.54 Å². The molecule has 0 bridgehead atoms. The molecule has 4 unspecified atom stereocenters. The molecule has 3 N–H and O–H groups in total. The van der Waals surface area contributed by atoms with Gasteiger partial charge in [0.15, 0.2) is 0 Å². The fourth-order valence-corrected chi connectivity index (χ4v) is 5.50. The van der Waals surface area contributed by atoms with E-state index in [1.54, 1.807) is 11.9 Å². The minimum Gasteiger partial charge on any atom is -0.355 e. The second kappa shape index (κ2) is 10.6. The van der Waals surface area contributed by atoms with Gasteiger partial charge in [-0.2, -0.15) is 0 Å². The summed E-state index contributed by atoms with van der Waals surface area (Å²) in [5.74, 6) is -0.634. The van der Waals surface area contributed by atoms with E-state index in [1.807, 2.05) is 61.5 Å². The van der Waals surface area contributed by atoms with E-state index in [9.17, 15) is 14.4 Å². The third-order valence-electron chi connectivity index (χ3n) is 6.34. The van der Waals surface area contributed by atoms with Crippen molar-refractivity contribution >= 4 is 29.6 Å². The fraction of sp³-hybridized carbons (Fsp3) is 0.400. The zero-order valence-corrected chi connectivity index (χ0v) is 20.5. The first-order valence-corrected chi connectivity index (χ1v) is 12.5. The number of imide groups is 1. The minimum atomic E-state index is -0.517. The number of fused-ring (bicyclic) bond motifs is 1. The first-order chi connectivity index (χ1) is 16.3. The van der Waals surface area contributed by atoms with Gasteiger partial charge in [0, 0.05) is 20.6 Å². The number of thioether (sulfide) groups is 1. The van der Waals surface area contributed by atoms with Crippen molar-refractivity contribution in [3.05, 3.63) is 71.3 Å². The molecule has 0 aromatic heterocycles. The van der Waals surface area contributed by atoms with Gasteiger partial charge >= 0.3 is 6.03 Å². The number of carbonyl (C=O) groups is 3. The summed E-state index contributed by atoms with van der Waals surface area (Å²) in [5.41, 5.74) is 3.33. The van der Waals surface area contributed by atoms with Crippen LogP contribution in [0.4, 0.5) is 4.79 Å². The molecule has 34 heavy (non-hydrogen) atoms. The van der Waals surface area contributed by atoms with Gasteiger partial charge < -0.3 is 10.2 Å². The van der Waals surface area contributed by atoms with Gasteiger partial charge in [0.25, 0.3) is 0 Å². The molecule has 8 nitrogen and oxygen atoms in total. The number of rotatable bonds is 7. The summed E-state index contributed by atoms with van der Waals surface area (Å²) in [6.07, 6.45) is 0.0357. The zero-order chi connectivity index (χ0) is 24.2.